The molecule has 0 saturated heterocycles. The Balaban J connectivity index is 1.38. The SMILES string of the molecule is Nc1ccccc1NC(=O)Cc1ccc(NC(=O)c2[nH]ncc2NC(=O)c2c(F)cccc2F)cc1. The number of nitrogens with two attached hydrogens (primary N) is 1. The Bertz CT molecular complexity index is 1420. The number of benzene rings is 3. The first-order valence-corrected chi connectivity index (χ1v) is 10.6. The van der Waals surface area contributed by atoms with E-state index < -0.39 is 29.0 Å². The highest BCUT2D eigenvalue weighted by molar-refractivity contribution is 6.11. The predicted octanol–water partition coefficient (Wildman–Crippen LogP) is 3.96. The number of nitrogen functional groups attached to an aromatic ring is 1. The van der Waals surface area contributed by atoms with Crippen molar-refractivity contribution in [1.29, 1.82) is 0 Å². The Kier molecular flexibility index (Phi) is 7.00. The molecule has 11 heteroatoms. The first kappa shape index (κ1) is 24.1. The van der Waals surface area contributed by atoms with E-state index in [4.69, 9.17) is 5.73 Å². The lowest BCUT2D eigenvalue weighted by molar-refractivity contribution is -0.115. The van der Waals surface area contributed by atoms with Crippen LogP contribution in [0.25, 0.3) is 0 Å². The second-order valence-electron chi connectivity index (χ2n) is 7.67. The molecule has 3 amide bonds. The highest BCUT2D eigenvalue weighted by Gasteiger charge is 2.21. The molecule has 0 spiro atoms. The van der Waals surface area contributed by atoms with E-state index in [0.717, 1.165) is 24.4 Å². The Morgan fingerprint density at radius 1 is 0.806 bits per heavy atom. The zero-order valence-corrected chi connectivity index (χ0v) is 18.6. The van der Waals surface area contributed by atoms with Crippen molar-refractivity contribution in [2.75, 3.05) is 21.7 Å². The maximum Gasteiger partial charge on any atom is 0.275 e. The van der Waals surface area contributed by atoms with E-state index in [1.54, 1.807) is 48.5 Å². The van der Waals surface area contributed by atoms with E-state index in [1.165, 1.54) is 0 Å². The molecule has 6 N–H and O–H groups in total. The monoisotopic (exact) mass is 490 g/mol. The van der Waals surface area contributed by atoms with Gasteiger partial charge in [0.25, 0.3) is 11.8 Å². The Morgan fingerprint density at radius 3 is 2.19 bits per heavy atom. The van der Waals surface area contributed by atoms with Crippen molar-refractivity contribution in [3.8, 4) is 0 Å². The average molecular weight is 490 g/mol. The summed E-state index contributed by atoms with van der Waals surface area (Å²) in [5.41, 5.74) is 6.95. The molecule has 0 bridgehead atoms. The number of carbonyl (C=O) groups excluding carboxylic acids is 3. The second-order valence-corrected chi connectivity index (χ2v) is 7.67. The van der Waals surface area contributed by atoms with Gasteiger partial charge in [0.1, 0.15) is 22.9 Å². The van der Waals surface area contributed by atoms with Crippen molar-refractivity contribution in [2.45, 2.75) is 6.42 Å². The number of anilines is 4. The number of amides is 3. The third kappa shape index (κ3) is 5.53. The van der Waals surface area contributed by atoms with Crippen LogP contribution in [0.3, 0.4) is 0 Å². The van der Waals surface area contributed by atoms with Crippen LogP contribution in [0.2, 0.25) is 0 Å². The molecule has 3 aromatic carbocycles. The summed E-state index contributed by atoms with van der Waals surface area (Å²) in [6.07, 6.45) is 1.23. The zero-order valence-electron chi connectivity index (χ0n) is 18.6. The van der Waals surface area contributed by atoms with Crippen LogP contribution >= 0.6 is 0 Å². The zero-order chi connectivity index (χ0) is 25.7. The van der Waals surface area contributed by atoms with Gasteiger partial charge in [0.05, 0.1) is 29.7 Å². The van der Waals surface area contributed by atoms with Crippen molar-refractivity contribution in [3.63, 3.8) is 0 Å². The minimum atomic E-state index is -1.07. The number of aromatic nitrogens is 2. The first-order chi connectivity index (χ1) is 17.3. The summed E-state index contributed by atoms with van der Waals surface area (Å²) in [5.74, 6) is -4.05. The molecule has 1 heterocycles. The number of nitrogens with one attached hydrogen (secondary N) is 4. The topological polar surface area (TPSA) is 142 Å². The lowest BCUT2D eigenvalue weighted by Crippen LogP contribution is -2.19. The van der Waals surface area contributed by atoms with Gasteiger partial charge in [-0.05, 0) is 42.0 Å². The molecule has 0 aliphatic heterocycles. The van der Waals surface area contributed by atoms with Crippen LogP contribution in [0.1, 0.15) is 26.4 Å². The van der Waals surface area contributed by atoms with E-state index in [0.29, 0.717) is 22.6 Å². The van der Waals surface area contributed by atoms with Crippen LogP contribution in [-0.2, 0) is 11.2 Å². The fourth-order valence-corrected chi connectivity index (χ4v) is 3.34. The molecule has 4 rings (SSSR count). The number of hydrogen-bond donors (Lipinski definition) is 5. The summed E-state index contributed by atoms with van der Waals surface area (Å²) in [5, 5.41) is 13.8. The highest BCUT2D eigenvalue weighted by atomic mass is 19.1. The number of nitrogens with zero attached hydrogens (tertiary/aromatic N) is 1. The molecule has 0 aliphatic rings. The van der Waals surface area contributed by atoms with E-state index >= 15 is 0 Å². The molecule has 0 fully saturated rings. The first-order valence-electron chi connectivity index (χ1n) is 10.6. The highest BCUT2D eigenvalue weighted by Crippen LogP contribution is 2.20. The van der Waals surface area contributed by atoms with Gasteiger partial charge in [0.2, 0.25) is 5.91 Å². The summed E-state index contributed by atoms with van der Waals surface area (Å²) in [4.78, 5) is 37.3. The number of carbonyl (C=O) groups is 3. The van der Waals surface area contributed by atoms with E-state index in [-0.39, 0.29) is 23.7 Å². The largest absolute Gasteiger partial charge is 0.397 e. The molecule has 0 saturated carbocycles. The normalized spacial score (nSPS) is 10.5. The van der Waals surface area contributed by atoms with Crippen molar-refractivity contribution in [1.82, 2.24) is 10.2 Å². The molecule has 1 aromatic heterocycles. The number of halogens is 2. The molecule has 36 heavy (non-hydrogen) atoms. The fraction of sp³-hybridized carbons (Fsp3) is 0.0400. The number of aromatic amines is 1. The van der Waals surface area contributed by atoms with Crippen LogP contribution in [0.5, 0.6) is 0 Å². The van der Waals surface area contributed by atoms with Crippen LogP contribution in [0, 0.1) is 11.6 Å². The summed E-state index contributed by atoms with van der Waals surface area (Å²) >= 11 is 0. The van der Waals surface area contributed by atoms with Crippen LogP contribution in [-0.4, -0.2) is 27.9 Å². The van der Waals surface area contributed by atoms with E-state index in [2.05, 4.69) is 26.1 Å². The van der Waals surface area contributed by atoms with Gasteiger partial charge in [-0.15, -0.1) is 0 Å². The summed E-state index contributed by atoms with van der Waals surface area (Å²) in [7, 11) is 0. The molecule has 0 unspecified atom stereocenters. The van der Waals surface area contributed by atoms with Crippen molar-refractivity contribution >= 4 is 40.5 Å². The van der Waals surface area contributed by atoms with Crippen molar-refractivity contribution < 1.29 is 23.2 Å². The molecule has 182 valence electrons. The molecule has 9 nitrogen and oxygen atoms in total. The lowest BCUT2D eigenvalue weighted by atomic mass is 10.1. The molecule has 4 aromatic rings. The van der Waals surface area contributed by atoms with Crippen LogP contribution in [0.15, 0.2) is 72.9 Å². The average Bonchev–Trinajstić information content (AvgIpc) is 3.30. The molecular formula is C25H20F2N6O3. The van der Waals surface area contributed by atoms with Gasteiger partial charge in [-0.2, -0.15) is 5.10 Å². The molecule has 0 aliphatic carbocycles. The second kappa shape index (κ2) is 10.5. The van der Waals surface area contributed by atoms with Gasteiger partial charge < -0.3 is 21.7 Å². The maximum atomic E-state index is 13.9. The fourth-order valence-electron chi connectivity index (χ4n) is 3.34. The number of H-pyrrole nitrogens is 1. The number of hydrogen-bond acceptors (Lipinski definition) is 5. The van der Waals surface area contributed by atoms with Gasteiger partial charge >= 0.3 is 0 Å². The van der Waals surface area contributed by atoms with Gasteiger partial charge in [-0.25, -0.2) is 8.78 Å². The third-order valence-corrected chi connectivity index (χ3v) is 5.12. The van der Waals surface area contributed by atoms with Crippen LogP contribution in [0.4, 0.5) is 31.5 Å². The van der Waals surface area contributed by atoms with Crippen molar-refractivity contribution in [2.24, 2.45) is 0 Å². The van der Waals surface area contributed by atoms with Crippen LogP contribution < -0.4 is 21.7 Å². The predicted molar refractivity (Wildman–Crippen MR) is 130 cm³/mol. The maximum absolute atomic E-state index is 13.9. The third-order valence-electron chi connectivity index (χ3n) is 5.12. The van der Waals surface area contributed by atoms with E-state index in [9.17, 15) is 23.2 Å². The van der Waals surface area contributed by atoms with Gasteiger partial charge in [-0.1, -0.05) is 30.3 Å². The van der Waals surface area contributed by atoms with Gasteiger partial charge in [0.15, 0.2) is 0 Å². The Morgan fingerprint density at radius 2 is 1.50 bits per heavy atom. The summed E-state index contributed by atoms with van der Waals surface area (Å²) in [6, 6.07) is 16.5. The Labute approximate surface area is 203 Å². The van der Waals surface area contributed by atoms with Crippen molar-refractivity contribution in [3.05, 3.63) is 101 Å². The minimum absolute atomic E-state index is 0.0615. The quantitative estimate of drug-likeness (QED) is 0.249. The summed E-state index contributed by atoms with van der Waals surface area (Å²) < 4.78 is 27.8. The number of para-hydroxylation sites is 2. The molecular weight excluding hydrogens is 470 g/mol. The standard InChI is InChI=1S/C25H20F2N6O3/c26-16-4-3-5-17(27)22(16)24(35)32-20-13-29-33-23(20)25(36)30-15-10-8-14(9-11-15)12-21(34)31-19-7-2-1-6-18(19)28/h1-11,13H,12,28H2,(H,29,33)(H,30,36)(H,31,34)(H,32,35). The van der Waals surface area contributed by atoms with E-state index in [1.807, 2.05) is 0 Å². The number of rotatable bonds is 7. The molecule has 0 atom stereocenters. The van der Waals surface area contributed by atoms with Gasteiger partial charge in [0, 0.05) is 5.69 Å². The lowest BCUT2D eigenvalue weighted by Gasteiger charge is -2.10. The van der Waals surface area contributed by atoms with Gasteiger partial charge in [-0.3, -0.25) is 19.5 Å². The smallest absolute Gasteiger partial charge is 0.275 e. The minimum Gasteiger partial charge on any atom is -0.397 e. The molecule has 0 radical (unpaired) electrons. The Hall–Kier alpha value is -5.06. The summed E-state index contributed by atoms with van der Waals surface area (Å²) in [6.45, 7) is 0.